The Balaban J connectivity index is 3.17. The summed E-state index contributed by atoms with van der Waals surface area (Å²) in [4.78, 5) is 0. The second kappa shape index (κ2) is 3.17. The molecule has 0 aliphatic carbocycles. The standard InChI is InChI=1S/C9H17N3/c1-6(2)12-8(4)9(10-5)7(3)11-12/h6,10H,1-5H3. The molecule has 1 N–H and O–H groups in total. The van der Waals surface area contributed by atoms with Gasteiger partial charge in [0.25, 0.3) is 0 Å². The molecule has 0 aliphatic rings. The van der Waals surface area contributed by atoms with Crippen molar-refractivity contribution >= 4 is 5.69 Å². The summed E-state index contributed by atoms with van der Waals surface area (Å²) in [6.45, 7) is 8.39. The molecule has 0 saturated carbocycles. The topological polar surface area (TPSA) is 29.9 Å². The zero-order valence-corrected chi connectivity index (χ0v) is 8.47. The Kier molecular flexibility index (Phi) is 2.40. The molecule has 1 heterocycles. The van der Waals surface area contributed by atoms with Crippen molar-refractivity contribution in [3.05, 3.63) is 11.4 Å². The lowest BCUT2D eigenvalue weighted by molar-refractivity contribution is 0.516. The number of aryl methyl sites for hydroxylation is 1. The van der Waals surface area contributed by atoms with Crippen molar-refractivity contribution in [2.75, 3.05) is 12.4 Å². The lowest BCUT2D eigenvalue weighted by Gasteiger charge is -2.07. The van der Waals surface area contributed by atoms with Gasteiger partial charge in [-0.05, 0) is 27.7 Å². The van der Waals surface area contributed by atoms with E-state index in [1.807, 2.05) is 18.7 Å². The zero-order valence-electron chi connectivity index (χ0n) is 8.47. The highest BCUT2D eigenvalue weighted by Crippen LogP contribution is 2.21. The summed E-state index contributed by atoms with van der Waals surface area (Å²) >= 11 is 0. The highest BCUT2D eigenvalue weighted by molar-refractivity contribution is 5.51. The molecule has 0 atom stereocenters. The molecule has 1 aromatic heterocycles. The van der Waals surface area contributed by atoms with Crippen molar-refractivity contribution in [1.82, 2.24) is 9.78 Å². The second-order valence-corrected chi connectivity index (χ2v) is 3.33. The number of hydrogen-bond acceptors (Lipinski definition) is 2. The molecule has 0 amide bonds. The summed E-state index contributed by atoms with van der Waals surface area (Å²) in [5.41, 5.74) is 3.44. The van der Waals surface area contributed by atoms with Crippen LogP contribution in [0.4, 0.5) is 5.69 Å². The molecular formula is C9H17N3. The number of rotatable bonds is 2. The van der Waals surface area contributed by atoms with Crippen molar-refractivity contribution in [2.45, 2.75) is 33.7 Å². The van der Waals surface area contributed by atoms with E-state index in [0.717, 1.165) is 11.4 Å². The van der Waals surface area contributed by atoms with Gasteiger partial charge in [0.05, 0.1) is 17.1 Å². The third kappa shape index (κ3) is 1.31. The molecule has 3 nitrogen and oxygen atoms in total. The molecule has 1 aromatic rings. The Morgan fingerprint density at radius 3 is 2.17 bits per heavy atom. The van der Waals surface area contributed by atoms with Crippen molar-refractivity contribution in [3.63, 3.8) is 0 Å². The summed E-state index contributed by atoms with van der Waals surface area (Å²) in [6, 6.07) is 0.436. The maximum atomic E-state index is 4.43. The summed E-state index contributed by atoms with van der Waals surface area (Å²) in [5.74, 6) is 0. The van der Waals surface area contributed by atoms with E-state index < -0.39 is 0 Å². The van der Waals surface area contributed by atoms with Gasteiger partial charge in [-0.1, -0.05) is 0 Å². The Labute approximate surface area is 73.8 Å². The van der Waals surface area contributed by atoms with Gasteiger partial charge in [-0.25, -0.2) is 0 Å². The van der Waals surface area contributed by atoms with Crippen LogP contribution in [0.25, 0.3) is 0 Å². The first-order valence-corrected chi connectivity index (χ1v) is 4.31. The number of nitrogens with zero attached hydrogens (tertiary/aromatic N) is 2. The molecule has 0 spiro atoms. The van der Waals surface area contributed by atoms with E-state index in [1.165, 1.54) is 5.69 Å². The first kappa shape index (κ1) is 9.10. The van der Waals surface area contributed by atoms with E-state index >= 15 is 0 Å². The van der Waals surface area contributed by atoms with Crippen LogP contribution in [0.2, 0.25) is 0 Å². The van der Waals surface area contributed by atoms with Gasteiger partial charge >= 0.3 is 0 Å². The van der Waals surface area contributed by atoms with E-state index in [4.69, 9.17) is 0 Å². The fourth-order valence-corrected chi connectivity index (χ4v) is 1.53. The quantitative estimate of drug-likeness (QED) is 0.731. The highest BCUT2D eigenvalue weighted by atomic mass is 15.3. The van der Waals surface area contributed by atoms with Gasteiger partial charge in [-0.3, -0.25) is 4.68 Å². The molecule has 0 aliphatic heterocycles. The van der Waals surface area contributed by atoms with Crippen LogP contribution in [-0.2, 0) is 0 Å². The van der Waals surface area contributed by atoms with Crippen LogP contribution in [0.3, 0.4) is 0 Å². The second-order valence-electron chi connectivity index (χ2n) is 3.33. The first-order valence-electron chi connectivity index (χ1n) is 4.31. The van der Waals surface area contributed by atoms with Crippen molar-refractivity contribution in [1.29, 1.82) is 0 Å². The van der Waals surface area contributed by atoms with Crippen molar-refractivity contribution in [2.24, 2.45) is 0 Å². The SMILES string of the molecule is CNc1c(C)nn(C(C)C)c1C. The molecule has 12 heavy (non-hydrogen) atoms. The van der Waals surface area contributed by atoms with Crippen molar-refractivity contribution < 1.29 is 0 Å². The molecule has 0 unspecified atom stereocenters. The number of nitrogens with one attached hydrogen (secondary N) is 1. The van der Waals surface area contributed by atoms with Crippen LogP contribution >= 0.6 is 0 Å². The fourth-order valence-electron chi connectivity index (χ4n) is 1.53. The Morgan fingerprint density at radius 2 is 1.92 bits per heavy atom. The number of hydrogen-bond donors (Lipinski definition) is 1. The van der Waals surface area contributed by atoms with E-state index in [9.17, 15) is 0 Å². The molecule has 0 fully saturated rings. The van der Waals surface area contributed by atoms with Gasteiger partial charge in [0.1, 0.15) is 0 Å². The minimum atomic E-state index is 0.436. The predicted octanol–water partition coefficient (Wildman–Crippen LogP) is 2.12. The summed E-state index contributed by atoms with van der Waals surface area (Å²) < 4.78 is 2.04. The summed E-state index contributed by atoms with van der Waals surface area (Å²) in [6.07, 6.45) is 0. The van der Waals surface area contributed by atoms with Crippen LogP contribution in [0.5, 0.6) is 0 Å². The lowest BCUT2D eigenvalue weighted by atomic mass is 10.3. The number of anilines is 1. The maximum absolute atomic E-state index is 4.43. The summed E-state index contributed by atoms with van der Waals surface area (Å²) in [7, 11) is 1.93. The molecule has 3 heteroatoms. The predicted molar refractivity (Wildman–Crippen MR) is 51.6 cm³/mol. The Morgan fingerprint density at radius 1 is 1.33 bits per heavy atom. The summed E-state index contributed by atoms with van der Waals surface area (Å²) in [5, 5.41) is 7.59. The van der Waals surface area contributed by atoms with E-state index in [0.29, 0.717) is 6.04 Å². The average Bonchev–Trinajstić information content (AvgIpc) is 2.27. The minimum Gasteiger partial charge on any atom is -0.385 e. The van der Waals surface area contributed by atoms with E-state index in [1.54, 1.807) is 0 Å². The van der Waals surface area contributed by atoms with Gasteiger partial charge in [-0.2, -0.15) is 5.10 Å². The van der Waals surface area contributed by atoms with E-state index in [2.05, 4.69) is 31.2 Å². The van der Waals surface area contributed by atoms with Gasteiger partial charge in [0.2, 0.25) is 0 Å². The smallest absolute Gasteiger partial charge is 0.0827 e. The third-order valence-corrected chi connectivity index (χ3v) is 2.06. The first-order chi connectivity index (χ1) is 5.57. The average molecular weight is 167 g/mol. The maximum Gasteiger partial charge on any atom is 0.0827 e. The van der Waals surface area contributed by atoms with Crippen molar-refractivity contribution in [3.8, 4) is 0 Å². The third-order valence-electron chi connectivity index (χ3n) is 2.06. The normalized spacial score (nSPS) is 10.8. The van der Waals surface area contributed by atoms with Gasteiger partial charge < -0.3 is 5.32 Å². The van der Waals surface area contributed by atoms with Crippen LogP contribution in [-0.4, -0.2) is 16.8 Å². The fraction of sp³-hybridized carbons (Fsp3) is 0.667. The zero-order chi connectivity index (χ0) is 9.30. The molecule has 0 aromatic carbocycles. The van der Waals surface area contributed by atoms with E-state index in [-0.39, 0.29) is 0 Å². The molecule has 0 radical (unpaired) electrons. The molecule has 1 rings (SSSR count). The van der Waals surface area contributed by atoms with Crippen LogP contribution in [0, 0.1) is 13.8 Å². The van der Waals surface area contributed by atoms with Crippen LogP contribution < -0.4 is 5.32 Å². The molecule has 0 saturated heterocycles. The largest absolute Gasteiger partial charge is 0.385 e. The van der Waals surface area contributed by atoms with Gasteiger partial charge in [0, 0.05) is 13.1 Å². The molecule has 0 bridgehead atoms. The van der Waals surface area contributed by atoms with Gasteiger partial charge in [-0.15, -0.1) is 0 Å². The molecule has 68 valence electrons. The monoisotopic (exact) mass is 167 g/mol. The van der Waals surface area contributed by atoms with Crippen LogP contribution in [0.15, 0.2) is 0 Å². The lowest BCUT2D eigenvalue weighted by Crippen LogP contribution is -2.05. The highest BCUT2D eigenvalue weighted by Gasteiger charge is 2.10. The number of aromatic nitrogens is 2. The Bertz CT molecular complexity index is 274. The minimum absolute atomic E-state index is 0.436. The Hall–Kier alpha value is -0.990. The van der Waals surface area contributed by atoms with Gasteiger partial charge in [0.15, 0.2) is 0 Å². The van der Waals surface area contributed by atoms with Crippen LogP contribution in [0.1, 0.15) is 31.3 Å². The molecular weight excluding hydrogens is 150 g/mol.